The van der Waals surface area contributed by atoms with E-state index in [-0.39, 0.29) is 4.90 Å². The third-order valence-corrected chi connectivity index (χ3v) is 2.94. The number of nitrogens with zero attached hydrogens (tertiary/aromatic N) is 1. The van der Waals surface area contributed by atoms with Gasteiger partial charge in [-0.25, -0.2) is 13.4 Å². The van der Waals surface area contributed by atoms with E-state index in [4.69, 9.17) is 0 Å². The van der Waals surface area contributed by atoms with E-state index >= 15 is 0 Å². The minimum atomic E-state index is -3.18. The Hall–Kier alpha value is -1.36. The van der Waals surface area contributed by atoms with Crippen LogP contribution < -0.4 is 0 Å². The Morgan fingerprint density at radius 3 is 2.85 bits per heavy atom. The van der Waals surface area contributed by atoms with Crippen molar-refractivity contribution in [1.82, 2.24) is 9.97 Å². The molecule has 0 radical (unpaired) electrons. The third-order valence-electron chi connectivity index (χ3n) is 1.81. The number of aromatic amines is 1. The fourth-order valence-corrected chi connectivity index (χ4v) is 2.08. The molecular formula is C8H8N2O2S. The molecule has 0 saturated heterocycles. The maximum atomic E-state index is 11.3. The zero-order chi connectivity index (χ0) is 9.47. The number of fused-ring (bicyclic) bond motifs is 1. The van der Waals surface area contributed by atoms with Crippen molar-refractivity contribution in [3.8, 4) is 0 Å². The lowest BCUT2D eigenvalue weighted by atomic mass is 10.3. The van der Waals surface area contributed by atoms with Gasteiger partial charge in [0.1, 0.15) is 5.52 Å². The molecule has 0 spiro atoms. The van der Waals surface area contributed by atoms with Gasteiger partial charge in [0, 0.05) is 6.26 Å². The predicted octanol–water partition coefficient (Wildman–Crippen LogP) is 0.966. The summed E-state index contributed by atoms with van der Waals surface area (Å²) in [4.78, 5) is 7.08. The van der Waals surface area contributed by atoms with Crippen LogP contribution in [0.2, 0.25) is 0 Å². The predicted molar refractivity (Wildman–Crippen MR) is 49.2 cm³/mol. The van der Waals surface area contributed by atoms with Crippen molar-refractivity contribution >= 4 is 20.9 Å². The van der Waals surface area contributed by atoms with Crippen LogP contribution in [-0.2, 0) is 9.84 Å². The largest absolute Gasteiger partial charge is 0.345 e. The summed E-state index contributed by atoms with van der Waals surface area (Å²) in [6.45, 7) is 0. The smallest absolute Gasteiger partial charge is 0.177 e. The molecule has 1 N–H and O–H groups in total. The van der Waals surface area contributed by atoms with Crippen LogP contribution in [0.5, 0.6) is 0 Å². The fraction of sp³-hybridized carbons (Fsp3) is 0.125. The maximum Gasteiger partial charge on any atom is 0.177 e. The second-order valence-corrected chi connectivity index (χ2v) is 4.81. The first kappa shape index (κ1) is 8.25. The van der Waals surface area contributed by atoms with Crippen molar-refractivity contribution in [2.24, 2.45) is 0 Å². The van der Waals surface area contributed by atoms with Crippen LogP contribution >= 0.6 is 0 Å². The zero-order valence-electron chi connectivity index (χ0n) is 6.98. The molecule has 0 unspecified atom stereocenters. The number of aromatic nitrogens is 2. The topological polar surface area (TPSA) is 62.8 Å². The summed E-state index contributed by atoms with van der Waals surface area (Å²) in [5, 5.41) is 0. The molecule has 0 saturated carbocycles. The van der Waals surface area contributed by atoms with Gasteiger partial charge in [-0.2, -0.15) is 0 Å². The molecule has 13 heavy (non-hydrogen) atoms. The summed E-state index contributed by atoms with van der Waals surface area (Å²) in [6.07, 6.45) is 2.66. The summed E-state index contributed by atoms with van der Waals surface area (Å²) < 4.78 is 22.6. The standard InChI is InChI=1S/C8H8N2O2S/c1-13(11,12)7-4-2-3-6-8(7)10-5-9-6/h2-5H,1H3,(H,9,10). The van der Waals surface area contributed by atoms with Crippen LogP contribution in [0.1, 0.15) is 0 Å². The average molecular weight is 196 g/mol. The van der Waals surface area contributed by atoms with Gasteiger partial charge in [-0.1, -0.05) is 6.07 Å². The first-order valence-electron chi connectivity index (χ1n) is 3.71. The third kappa shape index (κ3) is 1.31. The van der Waals surface area contributed by atoms with E-state index in [1.54, 1.807) is 18.2 Å². The first-order chi connectivity index (χ1) is 6.09. The molecule has 0 aliphatic heterocycles. The van der Waals surface area contributed by atoms with Crippen LogP contribution in [0.15, 0.2) is 29.4 Å². The van der Waals surface area contributed by atoms with E-state index in [0.717, 1.165) is 5.52 Å². The van der Waals surface area contributed by atoms with Gasteiger partial charge in [0.2, 0.25) is 0 Å². The highest BCUT2D eigenvalue weighted by Crippen LogP contribution is 2.18. The van der Waals surface area contributed by atoms with Crippen molar-refractivity contribution < 1.29 is 8.42 Å². The molecule has 0 fully saturated rings. The van der Waals surface area contributed by atoms with Gasteiger partial charge in [-0.3, -0.25) is 0 Å². The van der Waals surface area contributed by atoms with E-state index in [1.807, 2.05) is 0 Å². The van der Waals surface area contributed by atoms with Crippen LogP contribution in [0.4, 0.5) is 0 Å². The van der Waals surface area contributed by atoms with Gasteiger partial charge in [0.05, 0.1) is 16.7 Å². The maximum absolute atomic E-state index is 11.3. The second-order valence-electron chi connectivity index (χ2n) is 2.83. The fourth-order valence-electron chi connectivity index (χ4n) is 1.24. The van der Waals surface area contributed by atoms with Gasteiger partial charge in [-0.15, -0.1) is 0 Å². The number of imidazole rings is 1. The summed E-state index contributed by atoms with van der Waals surface area (Å²) in [7, 11) is -3.18. The Morgan fingerprint density at radius 1 is 1.38 bits per heavy atom. The Kier molecular flexibility index (Phi) is 1.63. The lowest BCUT2D eigenvalue weighted by molar-refractivity contribution is 0.602. The van der Waals surface area contributed by atoms with Crippen LogP contribution in [0.3, 0.4) is 0 Å². The summed E-state index contributed by atoms with van der Waals surface area (Å²) >= 11 is 0. The molecule has 1 heterocycles. The molecular weight excluding hydrogens is 188 g/mol. The molecule has 5 heteroatoms. The van der Waals surface area contributed by atoms with E-state index in [0.29, 0.717) is 5.52 Å². The highest BCUT2D eigenvalue weighted by molar-refractivity contribution is 7.91. The van der Waals surface area contributed by atoms with Crippen molar-refractivity contribution in [2.75, 3.05) is 6.26 Å². The SMILES string of the molecule is CS(=O)(=O)c1cccc2[nH]cnc12. The number of rotatable bonds is 1. The Balaban J connectivity index is 2.91. The summed E-state index contributed by atoms with van der Waals surface area (Å²) in [6, 6.07) is 5.03. The number of hydrogen-bond acceptors (Lipinski definition) is 3. The molecule has 0 aliphatic rings. The minimum Gasteiger partial charge on any atom is -0.345 e. The molecule has 4 nitrogen and oxygen atoms in total. The van der Waals surface area contributed by atoms with Crippen LogP contribution in [0.25, 0.3) is 11.0 Å². The molecule has 1 aromatic heterocycles. The lowest BCUT2D eigenvalue weighted by Gasteiger charge is -1.97. The zero-order valence-corrected chi connectivity index (χ0v) is 7.80. The molecule has 0 amide bonds. The highest BCUT2D eigenvalue weighted by atomic mass is 32.2. The Labute approximate surface area is 75.5 Å². The van der Waals surface area contributed by atoms with Crippen LogP contribution in [-0.4, -0.2) is 24.6 Å². The molecule has 1 aromatic carbocycles. The van der Waals surface area contributed by atoms with E-state index < -0.39 is 9.84 Å². The van der Waals surface area contributed by atoms with Gasteiger partial charge >= 0.3 is 0 Å². The molecule has 2 rings (SSSR count). The number of sulfone groups is 1. The molecule has 2 aromatic rings. The minimum absolute atomic E-state index is 0.270. The number of hydrogen-bond donors (Lipinski definition) is 1. The number of benzene rings is 1. The quantitative estimate of drug-likeness (QED) is 0.739. The number of H-pyrrole nitrogens is 1. The summed E-state index contributed by atoms with van der Waals surface area (Å²) in [5.41, 5.74) is 1.24. The molecule has 68 valence electrons. The molecule has 0 bridgehead atoms. The lowest BCUT2D eigenvalue weighted by Crippen LogP contribution is -1.97. The first-order valence-corrected chi connectivity index (χ1v) is 5.60. The number of nitrogens with one attached hydrogen (secondary N) is 1. The second kappa shape index (κ2) is 2.56. The van der Waals surface area contributed by atoms with E-state index in [9.17, 15) is 8.42 Å². The van der Waals surface area contributed by atoms with Crippen LogP contribution in [0, 0.1) is 0 Å². The molecule has 0 atom stereocenters. The molecule has 0 aliphatic carbocycles. The monoisotopic (exact) mass is 196 g/mol. The van der Waals surface area contributed by atoms with Gasteiger partial charge in [0.25, 0.3) is 0 Å². The number of para-hydroxylation sites is 1. The Bertz CT molecular complexity index is 542. The van der Waals surface area contributed by atoms with Gasteiger partial charge in [-0.05, 0) is 12.1 Å². The Morgan fingerprint density at radius 2 is 2.15 bits per heavy atom. The van der Waals surface area contributed by atoms with E-state index in [1.165, 1.54) is 12.6 Å². The van der Waals surface area contributed by atoms with Crippen molar-refractivity contribution in [3.05, 3.63) is 24.5 Å². The highest BCUT2D eigenvalue weighted by Gasteiger charge is 2.12. The van der Waals surface area contributed by atoms with Crippen molar-refractivity contribution in [1.29, 1.82) is 0 Å². The normalized spacial score (nSPS) is 12.1. The summed E-state index contributed by atoms with van der Waals surface area (Å²) in [5.74, 6) is 0. The van der Waals surface area contributed by atoms with Crippen molar-refractivity contribution in [2.45, 2.75) is 4.90 Å². The average Bonchev–Trinajstić information content (AvgIpc) is 2.48. The van der Waals surface area contributed by atoms with E-state index in [2.05, 4.69) is 9.97 Å². The van der Waals surface area contributed by atoms with Gasteiger partial charge in [0.15, 0.2) is 9.84 Å². The van der Waals surface area contributed by atoms with Gasteiger partial charge < -0.3 is 4.98 Å². The van der Waals surface area contributed by atoms with Crippen molar-refractivity contribution in [3.63, 3.8) is 0 Å².